The molecule has 1 unspecified atom stereocenters. The molecule has 0 saturated carbocycles. The van der Waals surface area contributed by atoms with Crippen LogP contribution in [-0.4, -0.2) is 46.0 Å². The zero-order chi connectivity index (χ0) is 20.9. The highest BCUT2D eigenvalue weighted by molar-refractivity contribution is 9.10. The average molecular weight is 469 g/mol. The zero-order valence-corrected chi connectivity index (χ0v) is 18.6. The average Bonchev–Trinajstić information content (AvgIpc) is 3.23. The van der Waals surface area contributed by atoms with Crippen molar-refractivity contribution >= 4 is 21.8 Å². The van der Waals surface area contributed by atoms with E-state index < -0.39 is 0 Å². The van der Waals surface area contributed by atoms with Gasteiger partial charge in [0.25, 0.3) is 0 Å². The second kappa shape index (κ2) is 9.53. The van der Waals surface area contributed by atoms with E-state index in [0.717, 1.165) is 35.0 Å². The Morgan fingerprint density at radius 3 is 2.73 bits per heavy atom. The second-order valence-corrected chi connectivity index (χ2v) is 8.69. The summed E-state index contributed by atoms with van der Waals surface area (Å²) in [6, 6.07) is 17.9. The summed E-state index contributed by atoms with van der Waals surface area (Å²) in [5.41, 5.74) is 2.06. The van der Waals surface area contributed by atoms with Crippen molar-refractivity contribution in [3.8, 4) is 11.4 Å². The molecule has 0 aliphatic carbocycles. The lowest BCUT2D eigenvalue weighted by atomic mass is 9.96. The van der Waals surface area contributed by atoms with Gasteiger partial charge in [-0.05, 0) is 49.2 Å². The van der Waals surface area contributed by atoms with Gasteiger partial charge in [0, 0.05) is 30.2 Å². The molecule has 2 aromatic carbocycles. The summed E-state index contributed by atoms with van der Waals surface area (Å²) in [5, 5.41) is 4.11. The van der Waals surface area contributed by atoms with Crippen molar-refractivity contribution in [3.63, 3.8) is 0 Å². The highest BCUT2D eigenvalue weighted by Gasteiger charge is 2.29. The fourth-order valence-corrected chi connectivity index (χ4v) is 4.14. The Hall–Kier alpha value is -2.51. The van der Waals surface area contributed by atoms with Crippen LogP contribution in [0.3, 0.4) is 0 Å². The number of likely N-dealkylation sites (tertiary alicyclic amines) is 1. The van der Waals surface area contributed by atoms with Gasteiger partial charge in [-0.15, -0.1) is 0 Å². The monoisotopic (exact) mass is 468 g/mol. The first-order valence-corrected chi connectivity index (χ1v) is 11.0. The van der Waals surface area contributed by atoms with E-state index in [4.69, 9.17) is 4.52 Å². The van der Waals surface area contributed by atoms with E-state index >= 15 is 0 Å². The van der Waals surface area contributed by atoms with Gasteiger partial charge in [-0.25, -0.2) is 0 Å². The minimum Gasteiger partial charge on any atom is -0.341 e. The van der Waals surface area contributed by atoms with Gasteiger partial charge in [0.15, 0.2) is 0 Å². The number of carbonyl (C=O) groups is 1. The molecular formula is C23H25BrN4O2. The molecule has 1 atom stereocenters. The fraction of sp³-hybridized carbons (Fsp3) is 0.348. The Bertz CT molecular complexity index is 974. The summed E-state index contributed by atoms with van der Waals surface area (Å²) in [6.07, 6.45) is 1.91. The van der Waals surface area contributed by atoms with Crippen molar-refractivity contribution < 1.29 is 9.32 Å². The van der Waals surface area contributed by atoms with Crippen LogP contribution in [0.25, 0.3) is 11.4 Å². The maximum atomic E-state index is 13.0. The molecule has 0 spiro atoms. The van der Waals surface area contributed by atoms with Gasteiger partial charge in [-0.1, -0.05) is 51.4 Å². The number of hydrogen-bond acceptors (Lipinski definition) is 5. The summed E-state index contributed by atoms with van der Waals surface area (Å²) in [5.74, 6) is 1.37. The van der Waals surface area contributed by atoms with E-state index in [1.807, 2.05) is 54.4 Å². The zero-order valence-electron chi connectivity index (χ0n) is 17.0. The lowest BCUT2D eigenvalue weighted by Gasteiger charge is -2.33. The number of piperidine rings is 1. The van der Waals surface area contributed by atoms with Crippen LogP contribution in [-0.2, 0) is 17.9 Å². The van der Waals surface area contributed by atoms with Gasteiger partial charge in [-0.2, -0.15) is 4.98 Å². The number of carbonyl (C=O) groups excluding carboxylic acids is 1. The van der Waals surface area contributed by atoms with Crippen LogP contribution in [0.2, 0.25) is 0 Å². The Morgan fingerprint density at radius 2 is 1.97 bits per heavy atom. The third kappa shape index (κ3) is 5.15. The van der Waals surface area contributed by atoms with Crippen molar-refractivity contribution in [1.82, 2.24) is 19.9 Å². The number of benzene rings is 2. The number of rotatable bonds is 6. The molecule has 6 nitrogen and oxygen atoms in total. The normalized spacial score (nSPS) is 17.1. The van der Waals surface area contributed by atoms with E-state index in [1.54, 1.807) is 0 Å². The molecule has 156 valence electrons. The molecule has 2 heterocycles. The first-order chi connectivity index (χ1) is 14.6. The summed E-state index contributed by atoms with van der Waals surface area (Å²) >= 11 is 3.43. The molecule has 7 heteroatoms. The van der Waals surface area contributed by atoms with Gasteiger partial charge in [0.1, 0.15) is 0 Å². The van der Waals surface area contributed by atoms with Crippen molar-refractivity contribution in [2.24, 2.45) is 5.92 Å². The van der Waals surface area contributed by atoms with E-state index in [0.29, 0.717) is 31.3 Å². The molecule has 3 aromatic rings. The van der Waals surface area contributed by atoms with E-state index in [-0.39, 0.29) is 11.8 Å². The number of hydrogen-bond donors (Lipinski definition) is 0. The molecule has 1 aromatic heterocycles. The molecule has 0 N–H and O–H groups in total. The molecule has 1 aliphatic rings. The molecule has 0 radical (unpaired) electrons. The molecule has 30 heavy (non-hydrogen) atoms. The van der Waals surface area contributed by atoms with E-state index in [2.05, 4.69) is 43.1 Å². The SMILES string of the molecule is CN(Cc1ccccc1)C(=O)C1CCCN(Cc2nc(-c3ccc(Br)cc3)no2)C1. The molecule has 1 aliphatic heterocycles. The van der Waals surface area contributed by atoms with Crippen LogP contribution in [0, 0.1) is 5.92 Å². The summed E-state index contributed by atoms with van der Waals surface area (Å²) in [6.45, 7) is 2.85. The highest BCUT2D eigenvalue weighted by Crippen LogP contribution is 2.23. The van der Waals surface area contributed by atoms with Crippen molar-refractivity contribution in [1.29, 1.82) is 0 Å². The van der Waals surface area contributed by atoms with Crippen LogP contribution in [0.5, 0.6) is 0 Å². The summed E-state index contributed by atoms with van der Waals surface area (Å²) < 4.78 is 6.47. The Kier molecular flexibility index (Phi) is 6.59. The van der Waals surface area contributed by atoms with Gasteiger partial charge in [0.2, 0.25) is 17.6 Å². The van der Waals surface area contributed by atoms with Gasteiger partial charge in [-0.3, -0.25) is 9.69 Å². The largest absolute Gasteiger partial charge is 0.341 e. The van der Waals surface area contributed by atoms with Crippen LogP contribution < -0.4 is 0 Å². The topological polar surface area (TPSA) is 62.5 Å². The minimum atomic E-state index is 0.00123. The van der Waals surface area contributed by atoms with Crippen LogP contribution in [0.4, 0.5) is 0 Å². The molecule has 0 bridgehead atoms. The standard InChI is InChI=1S/C23H25BrN4O2/c1-27(14-17-6-3-2-4-7-17)23(29)19-8-5-13-28(15-19)16-21-25-22(26-30-21)18-9-11-20(24)12-10-18/h2-4,6-7,9-12,19H,5,8,13-16H2,1H3. The van der Waals surface area contributed by atoms with Crippen LogP contribution in [0.15, 0.2) is 63.6 Å². The van der Waals surface area contributed by atoms with Gasteiger partial charge < -0.3 is 9.42 Å². The predicted molar refractivity (Wildman–Crippen MR) is 118 cm³/mol. The Morgan fingerprint density at radius 1 is 1.20 bits per heavy atom. The quantitative estimate of drug-likeness (QED) is 0.537. The first kappa shape index (κ1) is 20.8. The van der Waals surface area contributed by atoms with Crippen molar-refractivity contribution in [2.45, 2.75) is 25.9 Å². The first-order valence-electron chi connectivity index (χ1n) is 10.2. The fourth-order valence-electron chi connectivity index (χ4n) is 3.87. The summed E-state index contributed by atoms with van der Waals surface area (Å²) in [7, 11) is 1.89. The van der Waals surface area contributed by atoms with Crippen molar-refractivity contribution in [2.75, 3.05) is 20.1 Å². The maximum Gasteiger partial charge on any atom is 0.241 e. The lowest BCUT2D eigenvalue weighted by Crippen LogP contribution is -2.43. The summed E-state index contributed by atoms with van der Waals surface area (Å²) in [4.78, 5) is 21.6. The van der Waals surface area contributed by atoms with Crippen LogP contribution >= 0.6 is 15.9 Å². The Labute approximate surface area is 185 Å². The van der Waals surface area contributed by atoms with Crippen molar-refractivity contribution in [3.05, 3.63) is 70.5 Å². The number of amides is 1. The van der Waals surface area contributed by atoms with Crippen LogP contribution in [0.1, 0.15) is 24.3 Å². The smallest absolute Gasteiger partial charge is 0.241 e. The predicted octanol–water partition coefficient (Wildman–Crippen LogP) is 4.37. The third-order valence-electron chi connectivity index (χ3n) is 5.42. The molecule has 1 fully saturated rings. The minimum absolute atomic E-state index is 0.00123. The molecule has 4 rings (SSSR count). The van der Waals surface area contributed by atoms with Gasteiger partial charge in [0.05, 0.1) is 12.5 Å². The second-order valence-electron chi connectivity index (χ2n) is 7.77. The number of aromatic nitrogens is 2. The molecule has 1 saturated heterocycles. The van der Waals surface area contributed by atoms with E-state index in [9.17, 15) is 4.79 Å². The maximum absolute atomic E-state index is 13.0. The van der Waals surface area contributed by atoms with Gasteiger partial charge >= 0.3 is 0 Å². The molecule has 1 amide bonds. The third-order valence-corrected chi connectivity index (χ3v) is 5.95. The molecular weight excluding hydrogens is 444 g/mol. The highest BCUT2D eigenvalue weighted by atomic mass is 79.9. The number of nitrogens with zero attached hydrogens (tertiary/aromatic N) is 4. The number of halogens is 1. The lowest BCUT2D eigenvalue weighted by molar-refractivity contribution is -0.136. The van der Waals surface area contributed by atoms with E-state index in [1.165, 1.54) is 0 Å². The Balaban J connectivity index is 1.35.